The molecule has 2 saturated heterocycles. The van der Waals surface area contributed by atoms with Crippen molar-refractivity contribution in [2.45, 2.75) is 19.9 Å². The van der Waals surface area contributed by atoms with E-state index in [1.807, 2.05) is 4.90 Å². The van der Waals surface area contributed by atoms with E-state index in [0.717, 1.165) is 65.0 Å². The number of hydrogen-bond acceptors (Lipinski definition) is 4. The molecule has 2 heterocycles. The van der Waals surface area contributed by atoms with Gasteiger partial charge in [0.25, 0.3) is 0 Å². The van der Waals surface area contributed by atoms with Crippen molar-refractivity contribution >= 4 is 35.8 Å². The molecule has 1 atom stereocenters. The highest BCUT2D eigenvalue weighted by Crippen LogP contribution is 2.22. The SMILES string of the molecule is CCNC(=NCC(c1ccccc1)N1CCOCC1)N1CCN(C(C)=O)CC1.I. The first-order valence-corrected chi connectivity index (χ1v) is 10.3. The number of piperazine rings is 1. The number of guanidine groups is 1. The largest absolute Gasteiger partial charge is 0.379 e. The monoisotopic (exact) mass is 515 g/mol. The number of halogens is 1. The molecule has 0 aliphatic carbocycles. The molecule has 0 radical (unpaired) electrons. The maximum atomic E-state index is 11.6. The Morgan fingerprint density at radius 3 is 2.28 bits per heavy atom. The van der Waals surface area contributed by atoms with E-state index in [4.69, 9.17) is 9.73 Å². The summed E-state index contributed by atoms with van der Waals surface area (Å²) in [4.78, 5) is 23.2. The highest BCUT2D eigenvalue weighted by atomic mass is 127. The highest BCUT2D eigenvalue weighted by molar-refractivity contribution is 14.0. The number of carbonyl (C=O) groups is 1. The lowest BCUT2D eigenvalue weighted by molar-refractivity contribution is -0.130. The molecule has 162 valence electrons. The van der Waals surface area contributed by atoms with Gasteiger partial charge in [-0.25, -0.2) is 0 Å². The molecular formula is C21H34IN5O2. The van der Waals surface area contributed by atoms with Crippen LogP contribution >= 0.6 is 24.0 Å². The Bertz CT molecular complexity index is 644. The maximum absolute atomic E-state index is 11.6. The van der Waals surface area contributed by atoms with Crippen LogP contribution in [0.3, 0.4) is 0 Å². The lowest BCUT2D eigenvalue weighted by Gasteiger charge is -2.37. The van der Waals surface area contributed by atoms with Crippen LogP contribution in [0.15, 0.2) is 35.3 Å². The Labute approximate surface area is 191 Å². The van der Waals surface area contributed by atoms with Crippen LogP contribution in [0.2, 0.25) is 0 Å². The minimum atomic E-state index is 0. The topological polar surface area (TPSA) is 60.4 Å². The van der Waals surface area contributed by atoms with Crippen LogP contribution in [0, 0.1) is 0 Å². The second-order valence-electron chi connectivity index (χ2n) is 7.26. The highest BCUT2D eigenvalue weighted by Gasteiger charge is 2.24. The molecule has 2 aliphatic rings. The van der Waals surface area contributed by atoms with Gasteiger partial charge in [-0.05, 0) is 12.5 Å². The van der Waals surface area contributed by atoms with Gasteiger partial charge in [-0.2, -0.15) is 0 Å². The standard InChI is InChI=1S/C21H33N5O2.HI/c1-3-22-21(26-11-9-24(10-12-26)18(2)27)23-17-20(19-7-5-4-6-8-19)25-13-15-28-16-14-25;/h4-8,20H,3,9-17H2,1-2H3,(H,22,23);1H. The number of morpholine rings is 1. The molecule has 8 heteroatoms. The van der Waals surface area contributed by atoms with E-state index >= 15 is 0 Å². The van der Waals surface area contributed by atoms with Crippen molar-refractivity contribution in [2.75, 3.05) is 65.6 Å². The number of hydrogen-bond donors (Lipinski definition) is 1. The molecule has 7 nitrogen and oxygen atoms in total. The quantitative estimate of drug-likeness (QED) is 0.369. The van der Waals surface area contributed by atoms with Gasteiger partial charge < -0.3 is 19.9 Å². The van der Waals surface area contributed by atoms with Crippen molar-refractivity contribution in [1.29, 1.82) is 0 Å². The predicted octanol–water partition coefficient (Wildman–Crippen LogP) is 1.81. The molecule has 0 bridgehead atoms. The molecule has 2 aliphatic heterocycles. The number of nitrogens with zero attached hydrogens (tertiary/aromatic N) is 4. The second kappa shape index (κ2) is 12.3. The smallest absolute Gasteiger partial charge is 0.219 e. The van der Waals surface area contributed by atoms with E-state index in [2.05, 4.69) is 52.4 Å². The number of carbonyl (C=O) groups excluding carboxylic acids is 1. The zero-order valence-electron chi connectivity index (χ0n) is 17.5. The van der Waals surface area contributed by atoms with Crippen molar-refractivity contribution in [3.8, 4) is 0 Å². The summed E-state index contributed by atoms with van der Waals surface area (Å²) in [6, 6.07) is 10.9. The Morgan fingerprint density at radius 2 is 1.69 bits per heavy atom. The van der Waals surface area contributed by atoms with Crippen LogP contribution in [0.1, 0.15) is 25.5 Å². The van der Waals surface area contributed by atoms with Crippen LogP contribution in [0.25, 0.3) is 0 Å². The van der Waals surface area contributed by atoms with Gasteiger partial charge in [0, 0.05) is 52.7 Å². The van der Waals surface area contributed by atoms with Crippen LogP contribution in [-0.2, 0) is 9.53 Å². The van der Waals surface area contributed by atoms with Gasteiger partial charge in [0.05, 0.1) is 25.8 Å². The molecular weight excluding hydrogens is 481 g/mol. The molecule has 29 heavy (non-hydrogen) atoms. The van der Waals surface area contributed by atoms with E-state index in [1.165, 1.54) is 5.56 Å². The maximum Gasteiger partial charge on any atom is 0.219 e. The first-order chi connectivity index (χ1) is 13.7. The summed E-state index contributed by atoms with van der Waals surface area (Å²) in [6.45, 7) is 11.8. The lowest BCUT2D eigenvalue weighted by atomic mass is 10.0. The van der Waals surface area contributed by atoms with Gasteiger partial charge in [0.1, 0.15) is 0 Å². The first kappa shape index (κ1) is 23.9. The average Bonchev–Trinajstić information content (AvgIpc) is 2.75. The van der Waals surface area contributed by atoms with E-state index in [0.29, 0.717) is 6.54 Å². The molecule has 2 fully saturated rings. The minimum absolute atomic E-state index is 0. The molecule has 0 saturated carbocycles. The van der Waals surface area contributed by atoms with Gasteiger partial charge in [-0.3, -0.25) is 14.7 Å². The summed E-state index contributed by atoms with van der Waals surface area (Å²) in [7, 11) is 0. The molecule has 0 aromatic heterocycles. The average molecular weight is 515 g/mol. The Morgan fingerprint density at radius 1 is 1.07 bits per heavy atom. The van der Waals surface area contributed by atoms with E-state index in [-0.39, 0.29) is 35.9 Å². The van der Waals surface area contributed by atoms with Crippen LogP contribution < -0.4 is 5.32 Å². The van der Waals surface area contributed by atoms with Crippen molar-refractivity contribution in [2.24, 2.45) is 4.99 Å². The van der Waals surface area contributed by atoms with Crippen molar-refractivity contribution in [3.63, 3.8) is 0 Å². The zero-order chi connectivity index (χ0) is 19.8. The van der Waals surface area contributed by atoms with Crippen LogP contribution in [0.4, 0.5) is 0 Å². The molecule has 1 N–H and O–H groups in total. The third-order valence-electron chi connectivity index (χ3n) is 5.44. The molecule has 0 spiro atoms. The normalized spacial score (nSPS) is 19.4. The fourth-order valence-corrected chi connectivity index (χ4v) is 3.83. The summed E-state index contributed by atoms with van der Waals surface area (Å²) in [5.74, 6) is 1.10. The number of nitrogens with one attached hydrogen (secondary N) is 1. The molecule has 1 amide bonds. The van der Waals surface area contributed by atoms with Crippen LogP contribution in [0.5, 0.6) is 0 Å². The number of rotatable bonds is 5. The fourth-order valence-electron chi connectivity index (χ4n) is 3.83. The summed E-state index contributed by atoms with van der Waals surface area (Å²) in [6.07, 6.45) is 0. The Balaban J connectivity index is 0.00000300. The molecule has 1 aromatic rings. The minimum Gasteiger partial charge on any atom is -0.379 e. The lowest BCUT2D eigenvalue weighted by Crippen LogP contribution is -2.53. The summed E-state index contributed by atoms with van der Waals surface area (Å²) < 4.78 is 5.54. The second-order valence-corrected chi connectivity index (χ2v) is 7.26. The van der Waals surface area contributed by atoms with Crippen molar-refractivity contribution in [1.82, 2.24) is 20.0 Å². The van der Waals surface area contributed by atoms with E-state index in [1.54, 1.807) is 6.92 Å². The number of amides is 1. The molecule has 1 unspecified atom stereocenters. The van der Waals surface area contributed by atoms with Crippen molar-refractivity contribution in [3.05, 3.63) is 35.9 Å². The van der Waals surface area contributed by atoms with Crippen LogP contribution in [-0.4, -0.2) is 92.1 Å². The van der Waals surface area contributed by atoms with Gasteiger partial charge >= 0.3 is 0 Å². The third-order valence-corrected chi connectivity index (χ3v) is 5.44. The van der Waals surface area contributed by atoms with E-state index < -0.39 is 0 Å². The summed E-state index contributed by atoms with van der Waals surface area (Å²) in [5.41, 5.74) is 1.30. The van der Waals surface area contributed by atoms with Gasteiger partial charge in [0.15, 0.2) is 5.96 Å². The number of ether oxygens (including phenoxy) is 1. The predicted molar refractivity (Wildman–Crippen MR) is 127 cm³/mol. The van der Waals surface area contributed by atoms with Crippen molar-refractivity contribution < 1.29 is 9.53 Å². The zero-order valence-corrected chi connectivity index (χ0v) is 19.9. The molecule has 3 rings (SSSR count). The van der Waals surface area contributed by atoms with Gasteiger partial charge in [0.2, 0.25) is 5.91 Å². The third kappa shape index (κ3) is 6.82. The fraction of sp³-hybridized carbons (Fsp3) is 0.619. The Kier molecular flexibility index (Phi) is 10.2. The van der Waals surface area contributed by atoms with E-state index in [9.17, 15) is 4.79 Å². The summed E-state index contributed by atoms with van der Waals surface area (Å²) >= 11 is 0. The Hall–Kier alpha value is -1.39. The van der Waals surface area contributed by atoms with Gasteiger partial charge in [-0.1, -0.05) is 30.3 Å². The first-order valence-electron chi connectivity index (χ1n) is 10.3. The number of benzene rings is 1. The molecule has 1 aromatic carbocycles. The summed E-state index contributed by atoms with van der Waals surface area (Å²) in [5, 5.41) is 3.44. The number of aliphatic imine (C=N–C) groups is 1. The van der Waals surface area contributed by atoms with Gasteiger partial charge in [-0.15, -0.1) is 24.0 Å².